The van der Waals surface area contributed by atoms with Gasteiger partial charge in [0.15, 0.2) is 17.2 Å². The molecule has 41 heavy (non-hydrogen) atoms. The number of carbonyl (C=O) groups excluding carboxylic acids is 2. The lowest BCUT2D eigenvalue weighted by Crippen LogP contribution is -2.49. The Morgan fingerprint density at radius 2 is 1.61 bits per heavy atom. The minimum Gasteiger partial charge on any atom is -0.505 e. The molecule has 0 aliphatic carbocycles. The second kappa shape index (κ2) is 11.2. The molecule has 1 fully saturated rings. The molecule has 2 heterocycles. The van der Waals surface area contributed by atoms with Crippen LogP contribution in [0.2, 0.25) is 0 Å². The summed E-state index contributed by atoms with van der Waals surface area (Å²) >= 11 is 0. The van der Waals surface area contributed by atoms with Crippen molar-refractivity contribution in [3.05, 3.63) is 99.4 Å². The molecule has 2 N–H and O–H groups in total. The third-order valence-corrected chi connectivity index (χ3v) is 7.35. The third kappa shape index (κ3) is 5.59. The van der Waals surface area contributed by atoms with E-state index in [0.717, 1.165) is 6.42 Å². The van der Waals surface area contributed by atoms with Crippen LogP contribution in [0.25, 0.3) is 11.0 Å². The molecule has 1 aliphatic rings. The molecule has 0 spiro atoms. The topological polar surface area (TPSA) is 124 Å². The number of fused-ring (bicyclic) bond motifs is 1. The Kier molecular flexibility index (Phi) is 7.66. The Hall–Kier alpha value is -4.47. The van der Waals surface area contributed by atoms with E-state index < -0.39 is 29.2 Å². The highest BCUT2D eigenvalue weighted by atomic mass is 16.7. The molecule has 9 heteroatoms. The number of aryl methyl sites for hydroxylation is 1. The van der Waals surface area contributed by atoms with Crippen LogP contribution in [0, 0.1) is 6.92 Å². The summed E-state index contributed by atoms with van der Waals surface area (Å²) in [5.74, 6) is -0.803. The summed E-state index contributed by atoms with van der Waals surface area (Å²) in [5.41, 5.74) is -0.0756. The van der Waals surface area contributed by atoms with E-state index in [9.17, 15) is 19.5 Å². The Bertz CT molecular complexity index is 1660. The molecule has 2 atom stereocenters. The van der Waals surface area contributed by atoms with Gasteiger partial charge < -0.3 is 29.1 Å². The quantitative estimate of drug-likeness (QED) is 0.222. The largest absolute Gasteiger partial charge is 0.505 e. The lowest BCUT2D eigenvalue weighted by Gasteiger charge is -2.41. The van der Waals surface area contributed by atoms with Gasteiger partial charge in [-0.05, 0) is 51.5 Å². The molecule has 0 radical (unpaired) electrons. The summed E-state index contributed by atoms with van der Waals surface area (Å²) in [5, 5.41) is 13.6. The van der Waals surface area contributed by atoms with Crippen LogP contribution in [0.5, 0.6) is 11.5 Å². The molecule has 1 aromatic heterocycles. The molecule has 4 aromatic rings. The number of amides is 1. The predicted octanol–water partition coefficient (Wildman–Crippen LogP) is 5.60. The summed E-state index contributed by atoms with van der Waals surface area (Å²) in [7, 11) is 1.65. The van der Waals surface area contributed by atoms with Gasteiger partial charge >= 0.3 is 5.63 Å². The van der Waals surface area contributed by atoms with Crippen molar-refractivity contribution in [3.63, 3.8) is 0 Å². The fraction of sp³-hybridized carbons (Fsp3) is 0.281. The first kappa shape index (κ1) is 28.1. The Morgan fingerprint density at radius 1 is 0.951 bits per heavy atom. The van der Waals surface area contributed by atoms with E-state index in [1.807, 2.05) is 19.9 Å². The van der Waals surface area contributed by atoms with Crippen molar-refractivity contribution in [2.24, 2.45) is 0 Å². The summed E-state index contributed by atoms with van der Waals surface area (Å²) in [6.07, 6.45) is 0.784. The molecule has 1 saturated heterocycles. The molecule has 9 nitrogen and oxygen atoms in total. The number of carbonyl (C=O) groups is 2. The molecule has 0 saturated carbocycles. The van der Waals surface area contributed by atoms with Gasteiger partial charge in [-0.3, -0.25) is 9.59 Å². The maximum absolute atomic E-state index is 12.9. The fourth-order valence-corrected chi connectivity index (χ4v) is 5.05. The van der Waals surface area contributed by atoms with Crippen LogP contribution in [0.4, 0.5) is 5.69 Å². The van der Waals surface area contributed by atoms with Gasteiger partial charge in [0.2, 0.25) is 6.29 Å². The van der Waals surface area contributed by atoms with Crippen LogP contribution >= 0.6 is 0 Å². The lowest BCUT2D eigenvalue weighted by atomic mass is 9.94. The normalized spacial score (nSPS) is 18.1. The van der Waals surface area contributed by atoms with Gasteiger partial charge in [-0.25, -0.2) is 4.79 Å². The zero-order valence-electron chi connectivity index (χ0n) is 23.2. The first-order valence-electron chi connectivity index (χ1n) is 13.3. The van der Waals surface area contributed by atoms with Crippen molar-refractivity contribution < 1.29 is 33.3 Å². The highest BCUT2D eigenvalue weighted by molar-refractivity contribution is 6.10. The average Bonchev–Trinajstić information content (AvgIpc) is 2.96. The zero-order chi connectivity index (χ0) is 29.3. The summed E-state index contributed by atoms with van der Waals surface area (Å²) in [4.78, 5) is 38.4. The smallest absolute Gasteiger partial charge is 0.364 e. The minimum atomic E-state index is -0.919. The van der Waals surface area contributed by atoms with Crippen LogP contribution in [-0.4, -0.2) is 41.9 Å². The van der Waals surface area contributed by atoms with Crippen molar-refractivity contribution in [2.45, 2.75) is 51.6 Å². The van der Waals surface area contributed by atoms with E-state index in [-0.39, 0.29) is 34.1 Å². The van der Waals surface area contributed by atoms with E-state index in [1.54, 1.807) is 50.4 Å². The zero-order valence-corrected chi connectivity index (χ0v) is 23.2. The fourth-order valence-electron chi connectivity index (χ4n) is 5.05. The van der Waals surface area contributed by atoms with E-state index >= 15 is 0 Å². The third-order valence-electron chi connectivity index (χ3n) is 7.35. The van der Waals surface area contributed by atoms with Crippen molar-refractivity contribution in [3.8, 4) is 11.5 Å². The highest BCUT2D eigenvalue weighted by Crippen LogP contribution is 2.37. The number of hydrogen-bond donors (Lipinski definition) is 2. The van der Waals surface area contributed by atoms with Crippen molar-refractivity contribution in [2.75, 3.05) is 12.4 Å². The summed E-state index contributed by atoms with van der Waals surface area (Å²) in [6, 6.07) is 18.0. The maximum atomic E-state index is 12.9. The number of aromatic hydroxyl groups is 1. The highest BCUT2D eigenvalue weighted by Gasteiger charge is 2.39. The first-order chi connectivity index (χ1) is 19.6. The summed E-state index contributed by atoms with van der Waals surface area (Å²) in [6.45, 7) is 5.59. The number of ether oxygens (including phenoxy) is 3. The molecule has 3 aromatic carbocycles. The molecule has 212 valence electrons. The van der Waals surface area contributed by atoms with Gasteiger partial charge in [0.1, 0.15) is 11.3 Å². The SMILES string of the molecule is CO[C@@H]1CC[C@H](Oc2ccc3c(O)c(NC(=O)c4ccc(C(=O)c5ccccc5)cc4)c(=O)oc3c2C)OC1(C)C. The van der Waals surface area contributed by atoms with Crippen molar-refractivity contribution in [1.82, 2.24) is 0 Å². The molecular formula is C32H31NO8. The van der Waals surface area contributed by atoms with Gasteiger partial charge in [-0.2, -0.15) is 0 Å². The van der Waals surface area contributed by atoms with Crippen LogP contribution in [0.1, 0.15) is 58.5 Å². The van der Waals surface area contributed by atoms with Crippen LogP contribution in [0.3, 0.4) is 0 Å². The number of methoxy groups -OCH3 is 1. The van der Waals surface area contributed by atoms with E-state index in [2.05, 4.69) is 5.32 Å². The van der Waals surface area contributed by atoms with E-state index in [1.165, 1.54) is 24.3 Å². The molecule has 1 aliphatic heterocycles. The minimum absolute atomic E-state index is 0.0571. The number of nitrogens with one attached hydrogen (secondary N) is 1. The lowest BCUT2D eigenvalue weighted by molar-refractivity contribution is -0.233. The molecule has 0 bridgehead atoms. The van der Waals surface area contributed by atoms with E-state index in [4.69, 9.17) is 18.6 Å². The van der Waals surface area contributed by atoms with Crippen molar-refractivity contribution in [1.29, 1.82) is 0 Å². The number of anilines is 1. The summed E-state index contributed by atoms with van der Waals surface area (Å²) < 4.78 is 23.2. The second-order valence-electron chi connectivity index (χ2n) is 10.5. The Balaban J connectivity index is 1.35. The molecule has 1 amide bonds. The van der Waals surface area contributed by atoms with Gasteiger partial charge in [-0.15, -0.1) is 0 Å². The number of hydrogen-bond acceptors (Lipinski definition) is 8. The Labute approximate surface area is 236 Å². The average molecular weight is 558 g/mol. The Morgan fingerprint density at radius 3 is 2.27 bits per heavy atom. The number of rotatable bonds is 7. The first-order valence-corrected chi connectivity index (χ1v) is 13.3. The maximum Gasteiger partial charge on any atom is 0.364 e. The molecular weight excluding hydrogens is 526 g/mol. The van der Waals surface area contributed by atoms with Crippen LogP contribution in [0.15, 0.2) is 75.9 Å². The van der Waals surface area contributed by atoms with Crippen LogP contribution in [-0.2, 0) is 9.47 Å². The molecule has 5 rings (SSSR count). The predicted molar refractivity (Wildman–Crippen MR) is 153 cm³/mol. The van der Waals surface area contributed by atoms with E-state index in [0.29, 0.717) is 28.9 Å². The van der Waals surface area contributed by atoms with Gasteiger partial charge in [0.25, 0.3) is 5.91 Å². The van der Waals surface area contributed by atoms with Gasteiger partial charge in [-0.1, -0.05) is 42.5 Å². The van der Waals surface area contributed by atoms with Crippen LogP contribution < -0.4 is 15.7 Å². The number of benzene rings is 3. The molecule has 0 unspecified atom stereocenters. The monoisotopic (exact) mass is 557 g/mol. The van der Waals surface area contributed by atoms with Crippen molar-refractivity contribution >= 4 is 28.3 Å². The second-order valence-corrected chi connectivity index (χ2v) is 10.5. The number of ketones is 1. The van der Waals surface area contributed by atoms with Gasteiger partial charge in [0, 0.05) is 35.8 Å². The van der Waals surface area contributed by atoms with Gasteiger partial charge in [0.05, 0.1) is 17.1 Å². The standard InChI is InChI=1S/C32H31NO8/c1-18-23(39-25-17-16-24(38-4)32(2,3)41-25)15-14-22-28(35)26(31(37)40-29(18)22)33-30(36)21-12-10-20(11-13-21)27(34)19-8-6-5-7-9-19/h5-15,24-25,35H,16-17H2,1-4H3,(H,33,36)/t24-,25-/m1/s1.